The molecule has 1 aromatic heterocycles. The highest BCUT2D eigenvalue weighted by Crippen LogP contribution is 2.22. The molecule has 6 nitrogen and oxygen atoms in total. The lowest BCUT2D eigenvalue weighted by Crippen LogP contribution is -2.43. The smallest absolute Gasteiger partial charge is 0.225 e. The molecule has 0 saturated carbocycles. The number of likely N-dealkylation sites (tertiary alicyclic amines) is 1. The van der Waals surface area contributed by atoms with Crippen LogP contribution in [0.4, 0.5) is 5.82 Å². The Morgan fingerprint density at radius 2 is 1.93 bits per heavy atom. The highest BCUT2D eigenvalue weighted by Gasteiger charge is 2.26. The zero-order valence-electron chi connectivity index (χ0n) is 18.0. The minimum Gasteiger partial charge on any atom is -0.355 e. The fraction of sp³-hybridized carbons (Fsp3) is 0.542. The fourth-order valence-corrected chi connectivity index (χ4v) is 4.74. The molecule has 2 aromatic rings. The van der Waals surface area contributed by atoms with Crippen LogP contribution in [0.15, 0.2) is 42.9 Å². The average molecular weight is 408 g/mol. The molecule has 30 heavy (non-hydrogen) atoms. The maximum Gasteiger partial charge on any atom is 0.225 e. The molecule has 0 spiro atoms. The van der Waals surface area contributed by atoms with Crippen LogP contribution in [-0.2, 0) is 17.9 Å². The lowest BCUT2D eigenvalue weighted by molar-refractivity contribution is -0.125. The zero-order chi connectivity index (χ0) is 20.8. The van der Waals surface area contributed by atoms with E-state index in [-0.39, 0.29) is 11.8 Å². The second kappa shape index (κ2) is 10.0. The molecule has 0 unspecified atom stereocenters. The van der Waals surface area contributed by atoms with Gasteiger partial charge < -0.3 is 10.2 Å². The summed E-state index contributed by atoms with van der Waals surface area (Å²) in [7, 11) is 0. The first-order valence-corrected chi connectivity index (χ1v) is 11.3. The van der Waals surface area contributed by atoms with Crippen molar-refractivity contribution >= 4 is 11.7 Å². The Hall–Kier alpha value is -2.47. The SMILES string of the molecule is C[C@H]1CCCN(Cc2ccccc2CNC(=O)[C@H]2CCCN(c3cnccn3)C2)C1. The van der Waals surface area contributed by atoms with Crippen LogP contribution in [0.1, 0.15) is 43.7 Å². The molecule has 160 valence electrons. The fourth-order valence-electron chi connectivity index (χ4n) is 4.74. The second-order valence-corrected chi connectivity index (χ2v) is 8.82. The van der Waals surface area contributed by atoms with E-state index in [1.165, 1.54) is 37.1 Å². The highest BCUT2D eigenvalue weighted by atomic mass is 16.1. The lowest BCUT2D eigenvalue weighted by Gasteiger charge is -2.33. The summed E-state index contributed by atoms with van der Waals surface area (Å²) < 4.78 is 0. The van der Waals surface area contributed by atoms with Gasteiger partial charge in [-0.15, -0.1) is 0 Å². The maximum absolute atomic E-state index is 12.9. The first-order chi connectivity index (χ1) is 14.7. The van der Waals surface area contributed by atoms with Gasteiger partial charge in [-0.1, -0.05) is 31.2 Å². The van der Waals surface area contributed by atoms with Crippen molar-refractivity contribution < 1.29 is 4.79 Å². The Labute approximate surface area is 179 Å². The van der Waals surface area contributed by atoms with Gasteiger partial charge in [0.15, 0.2) is 0 Å². The van der Waals surface area contributed by atoms with Gasteiger partial charge in [0.2, 0.25) is 5.91 Å². The van der Waals surface area contributed by atoms with E-state index in [0.29, 0.717) is 13.1 Å². The number of benzene rings is 1. The minimum absolute atomic E-state index is 0.00383. The summed E-state index contributed by atoms with van der Waals surface area (Å²) in [6.45, 7) is 7.89. The van der Waals surface area contributed by atoms with Crippen molar-refractivity contribution in [2.24, 2.45) is 11.8 Å². The summed E-state index contributed by atoms with van der Waals surface area (Å²) >= 11 is 0. The van der Waals surface area contributed by atoms with Gasteiger partial charge in [-0.3, -0.25) is 14.7 Å². The number of carbonyl (C=O) groups excluding carboxylic acids is 1. The van der Waals surface area contributed by atoms with Gasteiger partial charge in [0, 0.05) is 45.1 Å². The number of nitrogens with zero attached hydrogens (tertiary/aromatic N) is 4. The third kappa shape index (κ3) is 5.36. The van der Waals surface area contributed by atoms with Crippen molar-refractivity contribution in [2.75, 3.05) is 31.1 Å². The molecule has 2 aliphatic rings. The van der Waals surface area contributed by atoms with E-state index < -0.39 is 0 Å². The number of nitrogens with one attached hydrogen (secondary N) is 1. The quantitative estimate of drug-likeness (QED) is 0.797. The number of hydrogen-bond donors (Lipinski definition) is 1. The van der Waals surface area contributed by atoms with Crippen LogP contribution in [-0.4, -0.2) is 47.0 Å². The first kappa shape index (κ1) is 20.8. The minimum atomic E-state index is -0.00383. The van der Waals surface area contributed by atoms with Crippen LogP contribution >= 0.6 is 0 Å². The van der Waals surface area contributed by atoms with Crippen LogP contribution < -0.4 is 10.2 Å². The van der Waals surface area contributed by atoms with E-state index in [4.69, 9.17) is 0 Å². The Balaban J connectivity index is 1.33. The number of carbonyl (C=O) groups is 1. The molecule has 2 atom stereocenters. The number of rotatable bonds is 6. The first-order valence-electron chi connectivity index (χ1n) is 11.3. The number of aromatic nitrogens is 2. The molecule has 1 aromatic carbocycles. The Morgan fingerprint density at radius 1 is 1.10 bits per heavy atom. The van der Waals surface area contributed by atoms with Gasteiger partial charge in [-0.05, 0) is 49.3 Å². The molecule has 4 rings (SSSR count). The van der Waals surface area contributed by atoms with Crippen molar-refractivity contribution in [3.8, 4) is 0 Å². The number of anilines is 1. The number of hydrogen-bond acceptors (Lipinski definition) is 5. The molecular weight excluding hydrogens is 374 g/mol. The van der Waals surface area contributed by atoms with Crippen LogP contribution in [0.5, 0.6) is 0 Å². The average Bonchev–Trinajstić information content (AvgIpc) is 2.79. The highest BCUT2D eigenvalue weighted by molar-refractivity contribution is 5.79. The standard InChI is InChI=1S/C24H33N5O/c1-19-6-4-12-28(16-19)17-21-8-3-2-7-20(21)14-27-24(30)22-9-5-13-29(18-22)23-15-25-10-11-26-23/h2-3,7-8,10-11,15,19,22H,4-6,9,12-14,16-18H2,1H3,(H,27,30)/t19-,22-/m0/s1. The van der Waals surface area contributed by atoms with E-state index in [9.17, 15) is 4.79 Å². The molecule has 0 bridgehead atoms. The molecule has 6 heteroatoms. The van der Waals surface area contributed by atoms with Crippen LogP contribution in [0.3, 0.4) is 0 Å². The van der Waals surface area contributed by atoms with E-state index >= 15 is 0 Å². The topological polar surface area (TPSA) is 61.4 Å². The van der Waals surface area contributed by atoms with E-state index in [1.54, 1.807) is 18.6 Å². The monoisotopic (exact) mass is 407 g/mol. The summed E-state index contributed by atoms with van der Waals surface area (Å²) in [5, 5.41) is 3.21. The van der Waals surface area contributed by atoms with E-state index in [1.807, 2.05) is 0 Å². The van der Waals surface area contributed by atoms with Crippen molar-refractivity contribution in [1.29, 1.82) is 0 Å². The van der Waals surface area contributed by atoms with Crippen molar-refractivity contribution in [3.05, 3.63) is 54.0 Å². The van der Waals surface area contributed by atoms with Crippen molar-refractivity contribution in [1.82, 2.24) is 20.2 Å². The largest absolute Gasteiger partial charge is 0.355 e. The number of piperidine rings is 2. The molecule has 2 aliphatic heterocycles. The molecule has 3 heterocycles. The van der Waals surface area contributed by atoms with Gasteiger partial charge in [-0.2, -0.15) is 0 Å². The van der Waals surface area contributed by atoms with Crippen LogP contribution in [0.2, 0.25) is 0 Å². The lowest BCUT2D eigenvalue weighted by atomic mass is 9.96. The Morgan fingerprint density at radius 3 is 2.73 bits per heavy atom. The third-order valence-electron chi connectivity index (χ3n) is 6.37. The normalized spacial score (nSPS) is 22.6. The summed E-state index contributed by atoms with van der Waals surface area (Å²) in [4.78, 5) is 26.2. The molecule has 0 aliphatic carbocycles. The predicted molar refractivity (Wildman–Crippen MR) is 119 cm³/mol. The summed E-state index contributed by atoms with van der Waals surface area (Å²) in [6.07, 6.45) is 9.70. The molecule has 2 fully saturated rings. The third-order valence-corrected chi connectivity index (χ3v) is 6.37. The zero-order valence-corrected chi connectivity index (χ0v) is 18.0. The van der Waals surface area contributed by atoms with Gasteiger partial charge in [0.1, 0.15) is 5.82 Å². The van der Waals surface area contributed by atoms with Gasteiger partial charge in [0.05, 0.1) is 12.1 Å². The molecule has 1 amide bonds. The second-order valence-electron chi connectivity index (χ2n) is 8.82. The van der Waals surface area contributed by atoms with Crippen molar-refractivity contribution in [3.63, 3.8) is 0 Å². The van der Waals surface area contributed by atoms with Crippen LogP contribution in [0.25, 0.3) is 0 Å². The molecular formula is C24H33N5O. The van der Waals surface area contributed by atoms with E-state index in [0.717, 1.165) is 37.7 Å². The Bertz CT molecular complexity index is 827. The van der Waals surface area contributed by atoms with Gasteiger partial charge in [0.25, 0.3) is 0 Å². The predicted octanol–water partition coefficient (Wildman–Crippen LogP) is 3.24. The Kier molecular flexibility index (Phi) is 6.95. The van der Waals surface area contributed by atoms with E-state index in [2.05, 4.69) is 56.3 Å². The summed E-state index contributed by atoms with van der Waals surface area (Å²) in [5.74, 6) is 1.77. The maximum atomic E-state index is 12.9. The summed E-state index contributed by atoms with van der Waals surface area (Å²) in [6, 6.07) is 8.53. The van der Waals surface area contributed by atoms with Gasteiger partial charge in [-0.25, -0.2) is 4.98 Å². The molecule has 0 radical (unpaired) electrons. The number of amides is 1. The van der Waals surface area contributed by atoms with Crippen molar-refractivity contribution in [2.45, 2.75) is 45.7 Å². The van der Waals surface area contributed by atoms with Crippen LogP contribution in [0, 0.1) is 11.8 Å². The van der Waals surface area contributed by atoms with Gasteiger partial charge >= 0.3 is 0 Å². The molecule has 2 saturated heterocycles. The summed E-state index contributed by atoms with van der Waals surface area (Å²) in [5.41, 5.74) is 2.56. The molecule has 1 N–H and O–H groups in total.